The van der Waals surface area contributed by atoms with Gasteiger partial charge in [0.25, 0.3) is 5.91 Å². The zero-order valence-electron chi connectivity index (χ0n) is 11.6. The number of hydrazine groups is 1. The van der Waals surface area contributed by atoms with E-state index in [1.807, 2.05) is 38.1 Å². The number of amides is 1. The first-order valence-electron chi connectivity index (χ1n) is 6.41. The van der Waals surface area contributed by atoms with Gasteiger partial charge in [-0.15, -0.1) is 0 Å². The molecule has 5 heteroatoms. The van der Waals surface area contributed by atoms with Crippen molar-refractivity contribution in [3.63, 3.8) is 0 Å². The number of anilines is 1. The molecule has 2 rings (SSSR count). The van der Waals surface area contributed by atoms with Crippen molar-refractivity contribution in [3.05, 3.63) is 59.4 Å². The van der Waals surface area contributed by atoms with Gasteiger partial charge in [-0.2, -0.15) is 0 Å². The van der Waals surface area contributed by atoms with Gasteiger partial charge >= 0.3 is 0 Å². The van der Waals surface area contributed by atoms with Gasteiger partial charge in [-0.3, -0.25) is 15.6 Å². The lowest BCUT2D eigenvalue weighted by molar-refractivity contribution is 0.0940. The van der Waals surface area contributed by atoms with E-state index in [2.05, 4.69) is 15.7 Å². The van der Waals surface area contributed by atoms with Crippen LogP contribution >= 0.6 is 0 Å². The summed E-state index contributed by atoms with van der Waals surface area (Å²) >= 11 is 0. The van der Waals surface area contributed by atoms with Crippen LogP contribution < -0.4 is 16.6 Å². The Morgan fingerprint density at radius 1 is 1.30 bits per heavy atom. The number of nitrogens with one attached hydrogen (secondary N) is 2. The Balaban J connectivity index is 2.18. The number of pyridine rings is 1. The van der Waals surface area contributed by atoms with Gasteiger partial charge in [0.2, 0.25) is 0 Å². The minimum Gasteiger partial charge on any atom is -0.344 e. The van der Waals surface area contributed by atoms with Crippen LogP contribution in [0.25, 0.3) is 0 Å². The summed E-state index contributed by atoms with van der Waals surface area (Å²) in [5.74, 6) is 5.26. The summed E-state index contributed by atoms with van der Waals surface area (Å²) in [5, 5.41) is 2.92. The molecule has 1 aromatic heterocycles. The topological polar surface area (TPSA) is 80.0 Å². The first kappa shape index (κ1) is 14.0. The summed E-state index contributed by atoms with van der Waals surface area (Å²) < 4.78 is 0. The Morgan fingerprint density at radius 2 is 2.10 bits per heavy atom. The SMILES string of the molecule is Cc1ccc(NN)c(C(=O)NC(C)c2ccccn2)c1. The Hall–Kier alpha value is -2.40. The molecule has 0 radical (unpaired) electrons. The summed E-state index contributed by atoms with van der Waals surface area (Å²) in [4.78, 5) is 16.6. The molecule has 1 atom stereocenters. The maximum absolute atomic E-state index is 12.3. The van der Waals surface area contributed by atoms with Crippen molar-refractivity contribution in [2.45, 2.75) is 19.9 Å². The van der Waals surface area contributed by atoms with Crippen molar-refractivity contribution >= 4 is 11.6 Å². The van der Waals surface area contributed by atoms with Crippen LogP contribution in [0.5, 0.6) is 0 Å². The van der Waals surface area contributed by atoms with Crippen LogP contribution in [0.15, 0.2) is 42.6 Å². The van der Waals surface area contributed by atoms with Crippen LogP contribution in [-0.2, 0) is 0 Å². The molecule has 0 aliphatic carbocycles. The summed E-state index contributed by atoms with van der Waals surface area (Å²) in [6.07, 6.45) is 1.71. The molecule has 20 heavy (non-hydrogen) atoms. The monoisotopic (exact) mass is 270 g/mol. The van der Waals surface area contributed by atoms with E-state index in [0.717, 1.165) is 11.3 Å². The number of aromatic nitrogens is 1. The number of carbonyl (C=O) groups is 1. The van der Waals surface area contributed by atoms with Crippen LogP contribution in [0.2, 0.25) is 0 Å². The molecule has 0 saturated carbocycles. The van der Waals surface area contributed by atoms with Crippen molar-refractivity contribution in [1.29, 1.82) is 0 Å². The van der Waals surface area contributed by atoms with Gasteiger partial charge in [0, 0.05) is 6.20 Å². The molecule has 104 valence electrons. The highest BCUT2D eigenvalue weighted by molar-refractivity contribution is 5.99. The molecule has 0 spiro atoms. The predicted octanol–water partition coefficient (Wildman–Crippen LogP) is 2.17. The third-order valence-electron chi connectivity index (χ3n) is 3.05. The minimum atomic E-state index is -0.181. The van der Waals surface area contributed by atoms with E-state index in [0.29, 0.717) is 11.3 Å². The fourth-order valence-corrected chi connectivity index (χ4v) is 1.95. The average Bonchev–Trinajstić information content (AvgIpc) is 2.48. The van der Waals surface area contributed by atoms with Gasteiger partial charge in [0.05, 0.1) is 23.0 Å². The van der Waals surface area contributed by atoms with Gasteiger partial charge in [-0.1, -0.05) is 17.7 Å². The normalized spacial score (nSPS) is 11.8. The molecule has 0 saturated heterocycles. The lowest BCUT2D eigenvalue weighted by Gasteiger charge is -2.15. The van der Waals surface area contributed by atoms with E-state index in [1.165, 1.54) is 0 Å². The minimum absolute atomic E-state index is 0.171. The molecule has 2 aromatic rings. The van der Waals surface area contributed by atoms with Gasteiger partial charge < -0.3 is 10.7 Å². The molecule has 1 heterocycles. The van der Waals surface area contributed by atoms with Gasteiger partial charge in [-0.25, -0.2) is 0 Å². The fourth-order valence-electron chi connectivity index (χ4n) is 1.95. The predicted molar refractivity (Wildman–Crippen MR) is 79.1 cm³/mol. The number of nitrogens with zero attached hydrogens (tertiary/aromatic N) is 1. The second-order valence-electron chi connectivity index (χ2n) is 4.64. The van der Waals surface area contributed by atoms with Crippen molar-refractivity contribution in [2.75, 3.05) is 5.43 Å². The summed E-state index contributed by atoms with van der Waals surface area (Å²) in [6.45, 7) is 3.82. The maximum Gasteiger partial charge on any atom is 0.253 e. The number of carbonyl (C=O) groups excluding carboxylic acids is 1. The second-order valence-corrected chi connectivity index (χ2v) is 4.64. The molecule has 1 aromatic carbocycles. The molecular weight excluding hydrogens is 252 g/mol. The number of rotatable bonds is 4. The smallest absolute Gasteiger partial charge is 0.253 e. The Kier molecular flexibility index (Phi) is 4.32. The average molecular weight is 270 g/mol. The maximum atomic E-state index is 12.3. The van der Waals surface area contributed by atoms with Gasteiger partial charge in [0.1, 0.15) is 0 Å². The van der Waals surface area contributed by atoms with E-state index < -0.39 is 0 Å². The number of nitrogens with two attached hydrogens (primary N) is 1. The summed E-state index contributed by atoms with van der Waals surface area (Å²) in [5.41, 5.74) is 5.48. The second kappa shape index (κ2) is 6.16. The number of nitrogen functional groups attached to an aromatic ring is 1. The van der Waals surface area contributed by atoms with Crippen LogP contribution in [0.4, 0.5) is 5.69 Å². The number of hydrogen-bond acceptors (Lipinski definition) is 4. The number of aryl methyl sites for hydroxylation is 1. The summed E-state index contributed by atoms with van der Waals surface area (Å²) in [7, 11) is 0. The third kappa shape index (κ3) is 3.13. The van der Waals surface area contributed by atoms with Gasteiger partial charge in [-0.05, 0) is 38.1 Å². The molecule has 1 unspecified atom stereocenters. The first-order valence-corrected chi connectivity index (χ1v) is 6.41. The third-order valence-corrected chi connectivity index (χ3v) is 3.05. The van der Waals surface area contributed by atoms with E-state index in [-0.39, 0.29) is 11.9 Å². The molecule has 0 aliphatic heterocycles. The van der Waals surface area contributed by atoms with Crippen LogP contribution in [0.1, 0.15) is 34.6 Å². The Bertz CT molecular complexity index is 598. The van der Waals surface area contributed by atoms with Crippen LogP contribution in [0.3, 0.4) is 0 Å². The van der Waals surface area contributed by atoms with E-state index in [1.54, 1.807) is 18.3 Å². The van der Waals surface area contributed by atoms with E-state index >= 15 is 0 Å². The molecule has 0 fully saturated rings. The zero-order chi connectivity index (χ0) is 14.5. The van der Waals surface area contributed by atoms with Crippen LogP contribution in [-0.4, -0.2) is 10.9 Å². The van der Waals surface area contributed by atoms with Gasteiger partial charge in [0.15, 0.2) is 0 Å². The molecular formula is C15H18N4O. The quantitative estimate of drug-likeness (QED) is 0.587. The van der Waals surface area contributed by atoms with Crippen molar-refractivity contribution in [3.8, 4) is 0 Å². The number of hydrogen-bond donors (Lipinski definition) is 3. The largest absolute Gasteiger partial charge is 0.344 e. The van der Waals surface area contributed by atoms with E-state index in [4.69, 9.17) is 5.84 Å². The van der Waals surface area contributed by atoms with Crippen molar-refractivity contribution in [2.24, 2.45) is 5.84 Å². The Morgan fingerprint density at radius 3 is 2.75 bits per heavy atom. The molecule has 1 amide bonds. The Labute approximate surface area is 118 Å². The summed E-state index contributed by atoms with van der Waals surface area (Å²) in [6, 6.07) is 10.9. The van der Waals surface area contributed by atoms with Crippen molar-refractivity contribution < 1.29 is 4.79 Å². The molecule has 0 bridgehead atoms. The molecule has 0 aliphatic rings. The van der Waals surface area contributed by atoms with Crippen molar-refractivity contribution in [1.82, 2.24) is 10.3 Å². The standard InChI is InChI=1S/C15H18N4O/c1-10-6-7-14(19-16)12(9-10)15(20)18-11(2)13-5-3-4-8-17-13/h3-9,11,19H,16H2,1-2H3,(H,18,20). The lowest BCUT2D eigenvalue weighted by Crippen LogP contribution is -2.28. The van der Waals surface area contributed by atoms with Crippen LogP contribution in [0, 0.1) is 6.92 Å². The molecule has 4 N–H and O–H groups in total. The highest BCUT2D eigenvalue weighted by Gasteiger charge is 2.15. The fraction of sp³-hybridized carbons (Fsp3) is 0.200. The zero-order valence-corrected chi connectivity index (χ0v) is 11.6. The lowest BCUT2D eigenvalue weighted by atomic mass is 10.1. The first-order chi connectivity index (χ1) is 9.61. The number of benzene rings is 1. The highest BCUT2D eigenvalue weighted by Crippen LogP contribution is 2.18. The highest BCUT2D eigenvalue weighted by atomic mass is 16.1. The molecule has 5 nitrogen and oxygen atoms in total. The van der Waals surface area contributed by atoms with E-state index in [9.17, 15) is 4.79 Å².